The number of piperazine rings is 1. The predicted octanol–water partition coefficient (Wildman–Crippen LogP) is 4.33. The van der Waals surface area contributed by atoms with Gasteiger partial charge in [0.1, 0.15) is 0 Å². The molecule has 0 radical (unpaired) electrons. The molecule has 1 aliphatic rings. The van der Waals surface area contributed by atoms with Crippen molar-refractivity contribution in [1.29, 1.82) is 0 Å². The van der Waals surface area contributed by atoms with Gasteiger partial charge in [0.2, 0.25) is 5.91 Å². The van der Waals surface area contributed by atoms with E-state index in [1.165, 1.54) is 11.3 Å². The lowest BCUT2D eigenvalue weighted by molar-refractivity contribution is -0.141. The van der Waals surface area contributed by atoms with E-state index in [1.807, 2.05) is 54.3 Å². The van der Waals surface area contributed by atoms with E-state index in [0.717, 1.165) is 32.2 Å². The van der Waals surface area contributed by atoms with Crippen LogP contribution in [0.1, 0.15) is 23.8 Å². The number of rotatable bonds is 5. The van der Waals surface area contributed by atoms with Crippen molar-refractivity contribution in [3.63, 3.8) is 0 Å². The quantitative estimate of drug-likeness (QED) is 0.637. The number of pyridine rings is 1. The first kappa shape index (κ1) is 19.9. The third-order valence-corrected chi connectivity index (χ3v) is 6.47. The number of carbonyl (C=O) groups is 1. The highest BCUT2D eigenvalue weighted by Crippen LogP contribution is 2.25. The number of thiophene rings is 1. The summed E-state index contributed by atoms with van der Waals surface area (Å²) in [5.41, 5.74) is 8.02. The number of benzene rings is 1. The molecule has 150 valence electrons. The lowest BCUT2D eigenvalue weighted by Gasteiger charge is -2.40. The van der Waals surface area contributed by atoms with Crippen LogP contribution in [0.5, 0.6) is 0 Å². The Hall–Kier alpha value is -2.41. The zero-order valence-corrected chi connectivity index (χ0v) is 17.8. The van der Waals surface area contributed by atoms with Crippen LogP contribution in [0.3, 0.4) is 0 Å². The Morgan fingerprint density at radius 3 is 3.00 bits per heavy atom. The van der Waals surface area contributed by atoms with E-state index >= 15 is 0 Å². The minimum Gasteiger partial charge on any atom is -0.398 e. The summed E-state index contributed by atoms with van der Waals surface area (Å²) in [5.74, 6) is 0.109. The van der Waals surface area contributed by atoms with Gasteiger partial charge in [-0.3, -0.25) is 9.78 Å². The number of aromatic nitrogens is 1. The number of nitrogens with two attached hydrogens (primary N) is 1. The number of fused-ring (bicyclic) bond motifs is 1. The molecule has 0 bridgehead atoms. The molecule has 0 aliphatic carbocycles. The van der Waals surface area contributed by atoms with Crippen LogP contribution in [0.4, 0.5) is 5.69 Å². The van der Waals surface area contributed by atoms with Crippen LogP contribution >= 0.6 is 22.9 Å². The van der Waals surface area contributed by atoms with Gasteiger partial charge in [0.15, 0.2) is 0 Å². The number of anilines is 1. The summed E-state index contributed by atoms with van der Waals surface area (Å²) in [7, 11) is 0. The molecule has 1 aliphatic heterocycles. The van der Waals surface area contributed by atoms with Gasteiger partial charge in [-0.05, 0) is 49.2 Å². The second-order valence-electron chi connectivity index (χ2n) is 7.49. The van der Waals surface area contributed by atoms with Crippen molar-refractivity contribution in [1.82, 2.24) is 15.2 Å². The molecule has 1 amide bonds. The van der Waals surface area contributed by atoms with Crippen molar-refractivity contribution in [3.8, 4) is 0 Å². The molecule has 7 heteroatoms. The van der Waals surface area contributed by atoms with E-state index < -0.39 is 5.54 Å². The standard InChI is InChI=1S/C22H23ClN4OS/c1-22(9-2-3-16-5-7-20(23)29-16)21(28)27(12-11-26-22)14-15-4-6-17-18(24)8-10-25-19(17)13-15/h2-8,10,13,26H,9,11-12,14H2,1H3,(H2,24,25)/t22-/m0/s1. The number of hydrogen-bond acceptors (Lipinski definition) is 5. The van der Waals surface area contributed by atoms with Crippen LogP contribution in [0, 0.1) is 0 Å². The Labute approximate surface area is 179 Å². The molecule has 3 aromatic rings. The van der Waals surface area contributed by atoms with E-state index in [2.05, 4.69) is 10.3 Å². The Balaban J connectivity index is 1.47. The molecule has 1 aromatic carbocycles. The van der Waals surface area contributed by atoms with E-state index in [0.29, 0.717) is 25.2 Å². The Morgan fingerprint density at radius 1 is 1.34 bits per heavy atom. The zero-order chi connectivity index (χ0) is 20.4. The van der Waals surface area contributed by atoms with E-state index in [4.69, 9.17) is 17.3 Å². The highest BCUT2D eigenvalue weighted by atomic mass is 35.5. The van der Waals surface area contributed by atoms with Gasteiger partial charge in [-0.15, -0.1) is 11.3 Å². The highest BCUT2D eigenvalue weighted by molar-refractivity contribution is 7.16. The first-order chi connectivity index (χ1) is 13.9. The van der Waals surface area contributed by atoms with E-state index in [1.54, 1.807) is 12.3 Å². The topological polar surface area (TPSA) is 71.2 Å². The normalized spacial score (nSPS) is 20.1. The maximum atomic E-state index is 13.2. The van der Waals surface area contributed by atoms with Crippen molar-refractivity contribution in [2.45, 2.75) is 25.4 Å². The van der Waals surface area contributed by atoms with Crippen molar-refractivity contribution >= 4 is 51.5 Å². The average Bonchev–Trinajstić information content (AvgIpc) is 3.11. The number of nitrogen functional groups attached to an aromatic ring is 1. The van der Waals surface area contributed by atoms with Gasteiger partial charge < -0.3 is 16.0 Å². The number of halogens is 1. The van der Waals surface area contributed by atoms with Gasteiger partial charge in [-0.25, -0.2) is 0 Å². The first-order valence-electron chi connectivity index (χ1n) is 9.54. The number of carbonyl (C=O) groups excluding carboxylic acids is 1. The highest BCUT2D eigenvalue weighted by Gasteiger charge is 2.38. The molecule has 3 heterocycles. The van der Waals surface area contributed by atoms with Gasteiger partial charge in [-0.1, -0.05) is 29.8 Å². The number of nitrogens with one attached hydrogen (secondary N) is 1. The largest absolute Gasteiger partial charge is 0.398 e. The SMILES string of the molecule is C[C@@]1(CC=Cc2ccc(Cl)s2)NCCN(Cc2ccc3c(N)ccnc3c2)C1=O. The third kappa shape index (κ3) is 4.29. The Morgan fingerprint density at radius 2 is 2.21 bits per heavy atom. The lowest BCUT2D eigenvalue weighted by atomic mass is 9.93. The predicted molar refractivity (Wildman–Crippen MR) is 121 cm³/mol. The molecule has 29 heavy (non-hydrogen) atoms. The summed E-state index contributed by atoms with van der Waals surface area (Å²) in [6.45, 7) is 3.98. The first-order valence-corrected chi connectivity index (χ1v) is 10.7. The van der Waals surface area contributed by atoms with Crippen LogP contribution in [-0.4, -0.2) is 34.4 Å². The summed E-state index contributed by atoms with van der Waals surface area (Å²) in [6.07, 6.45) is 6.39. The van der Waals surface area contributed by atoms with Crippen molar-refractivity contribution in [2.24, 2.45) is 0 Å². The molecule has 0 unspecified atom stereocenters. The maximum absolute atomic E-state index is 13.2. The molecule has 4 rings (SSSR count). The minimum absolute atomic E-state index is 0.109. The smallest absolute Gasteiger partial charge is 0.243 e. The maximum Gasteiger partial charge on any atom is 0.243 e. The monoisotopic (exact) mass is 426 g/mol. The molecule has 1 fully saturated rings. The van der Waals surface area contributed by atoms with Crippen LogP contribution in [0.15, 0.2) is 48.7 Å². The fourth-order valence-corrected chi connectivity index (χ4v) is 4.66. The van der Waals surface area contributed by atoms with Gasteiger partial charge >= 0.3 is 0 Å². The molecule has 5 nitrogen and oxygen atoms in total. The molecule has 1 saturated heterocycles. The molecular weight excluding hydrogens is 404 g/mol. The molecule has 1 atom stereocenters. The lowest BCUT2D eigenvalue weighted by Crippen LogP contribution is -2.62. The fourth-order valence-electron chi connectivity index (χ4n) is 3.67. The zero-order valence-electron chi connectivity index (χ0n) is 16.2. The summed E-state index contributed by atoms with van der Waals surface area (Å²) in [4.78, 5) is 20.6. The molecule has 0 saturated carbocycles. The van der Waals surface area contributed by atoms with Crippen LogP contribution in [-0.2, 0) is 11.3 Å². The summed E-state index contributed by atoms with van der Waals surface area (Å²) >= 11 is 7.51. The van der Waals surface area contributed by atoms with Crippen molar-refractivity contribution in [2.75, 3.05) is 18.8 Å². The number of hydrogen-bond donors (Lipinski definition) is 2. The second-order valence-corrected chi connectivity index (χ2v) is 9.23. The number of nitrogens with zero attached hydrogens (tertiary/aromatic N) is 2. The summed E-state index contributed by atoms with van der Waals surface area (Å²) < 4.78 is 0.764. The second kappa shape index (κ2) is 8.14. The van der Waals surface area contributed by atoms with Gasteiger partial charge in [0, 0.05) is 41.8 Å². The van der Waals surface area contributed by atoms with E-state index in [9.17, 15) is 4.79 Å². The van der Waals surface area contributed by atoms with Gasteiger partial charge in [0.05, 0.1) is 15.4 Å². The average molecular weight is 427 g/mol. The van der Waals surface area contributed by atoms with Gasteiger partial charge in [0.25, 0.3) is 0 Å². The minimum atomic E-state index is -0.616. The number of amides is 1. The van der Waals surface area contributed by atoms with E-state index in [-0.39, 0.29) is 5.91 Å². The van der Waals surface area contributed by atoms with Crippen LogP contribution < -0.4 is 11.1 Å². The summed E-state index contributed by atoms with van der Waals surface area (Å²) in [5, 5.41) is 4.33. The summed E-state index contributed by atoms with van der Waals surface area (Å²) in [6, 6.07) is 11.7. The molecule has 0 spiro atoms. The third-order valence-electron chi connectivity index (χ3n) is 5.27. The molecular formula is C22H23ClN4OS. The molecule has 2 aromatic heterocycles. The Bertz CT molecular complexity index is 1080. The van der Waals surface area contributed by atoms with Crippen LogP contribution in [0.25, 0.3) is 17.0 Å². The van der Waals surface area contributed by atoms with Gasteiger partial charge in [-0.2, -0.15) is 0 Å². The van der Waals surface area contributed by atoms with Crippen molar-refractivity contribution in [3.05, 3.63) is 63.4 Å². The molecule has 3 N–H and O–H groups in total. The van der Waals surface area contributed by atoms with Crippen molar-refractivity contribution < 1.29 is 4.79 Å². The van der Waals surface area contributed by atoms with Crippen LogP contribution in [0.2, 0.25) is 4.34 Å². The fraction of sp³-hybridized carbons (Fsp3) is 0.273. The Kier molecular flexibility index (Phi) is 5.58.